The molecule has 4 N–H and O–H groups in total. The maximum atomic E-state index is 12.5. The molecule has 0 radical (unpaired) electrons. The number of anilines is 1. The van der Waals surface area contributed by atoms with Gasteiger partial charge in [-0.15, -0.1) is 0 Å². The van der Waals surface area contributed by atoms with Crippen molar-refractivity contribution in [2.45, 2.75) is 9.96 Å². The second kappa shape index (κ2) is 9.98. The molecule has 2 aromatic carbocycles. The normalized spacial score (nSPS) is 11.9. The van der Waals surface area contributed by atoms with Crippen LogP contribution in [0.15, 0.2) is 48.5 Å². The van der Waals surface area contributed by atoms with Gasteiger partial charge in [-0.25, -0.2) is 4.79 Å². The summed E-state index contributed by atoms with van der Waals surface area (Å²) in [5, 5.41) is 17.1. The van der Waals surface area contributed by atoms with E-state index in [4.69, 9.17) is 56.9 Å². The zero-order valence-corrected chi connectivity index (χ0v) is 18.0. The average Bonchev–Trinajstić information content (AvgIpc) is 2.66. The van der Waals surface area contributed by atoms with Gasteiger partial charge >= 0.3 is 5.97 Å². The van der Waals surface area contributed by atoms with E-state index in [9.17, 15) is 9.59 Å². The zero-order chi connectivity index (χ0) is 21.6. The van der Waals surface area contributed by atoms with Gasteiger partial charge in [0, 0.05) is 11.3 Å². The van der Waals surface area contributed by atoms with Gasteiger partial charge in [0.25, 0.3) is 5.91 Å². The van der Waals surface area contributed by atoms with Crippen molar-refractivity contribution >= 4 is 69.7 Å². The topological polar surface area (TPSA) is 99.7 Å². The zero-order valence-electron chi connectivity index (χ0n) is 14.9. The first-order valence-electron chi connectivity index (χ1n) is 8.02. The number of carboxylic acids is 1. The maximum Gasteiger partial charge on any atom is 0.335 e. The summed E-state index contributed by atoms with van der Waals surface area (Å²) < 4.78 is 3.15. The lowest BCUT2D eigenvalue weighted by molar-refractivity contribution is 0.0696. The fraction of sp³-hybridized carbons (Fsp3) is 0.167. The van der Waals surface area contributed by atoms with Crippen molar-refractivity contribution < 1.29 is 19.4 Å². The van der Waals surface area contributed by atoms with Crippen LogP contribution in [0.25, 0.3) is 0 Å². The van der Waals surface area contributed by atoms with E-state index in [0.29, 0.717) is 17.0 Å². The first kappa shape index (κ1) is 23.0. The number of rotatable bonds is 6. The first-order valence-corrected chi connectivity index (χ1v) is 9.57. The van der Waals surface area contributed by atoms with Crippen molar-refractivity contribution in [1.29, 1.82) is 0 Å². The van der Waals surface area contributed by atoms with E-state index in [0.717, 1.165) is 0 Å². The van der Waals surface area contributed by atoms with Crippen molar-refractivity contribution in [3.8, 4) is 5.75 Å². The predicted molar refractivity (Wildman–Crippen MR) is 117 cm³/mol. The summed E-state index contributed by atoms with van der Waals surface area (Å²) in [5.41, 5.74) is 0.769. The molecule has 0 fully saturated rings. The third kappa shape index (κ3) is 6.93. The van der Waals surface area contributed by atoms with Crippen molar-refractivity contribution in [2.24, 2.45) is 0 Å². The average molecular weight is 477 g/mol. The lowest BCUT2D eigenvalue weighted by Gasteiger charge is -2.27. The molecule has 0 spiro atoms. The van der Waals surface area contributed by atoms with E-state index in [-0.39, 0.29) is 10.7 Å². The summed E-state index contributed by atoms with van der Waals surface area (Å²) in [6.45, 7) is 0. The Labute approximate surface area is 187 Å². The van der Waals surface area contributed by atoms with Crippen LogP contribution < -0.4 is 20.7 Å². The number of hydrogen-bond acceptors (Lipinski definition) is 4. The van der Waals surface area contributed by atoms with Gasteiger partial charge in [-0.3, -0.25) is 4.79 Å². The van der Waals surface area contributed by atoms with E-state index in [1.807, 2.05) is 0 Å². The Kier molecular flexibility index (Phi) is 7.92. The molecule has 0 saturated carbocycles. The summed E-state index contributed by atoms with van der Waals surface area (Å²) >= 11 is 23.1. The number of amides is 1. The Bertz CT molecular complexity index is 921. The molecule has 1 atom stereocenters. The van der Waals surface area contributed by atoms with Crippen LogP contribution in [0.4, 0.5) is 5.69 Å². The third-order valence-corrected chi connectivity index (χ3v) is 4.45. The van der Waals surface area contributed by atoms with Crippen LogP contribution in [0, 0.1) is 0 Å². The van der Waals surface area contributed by atoms with Gasteiger partial charge in [-0.2, -0.15) is 0 Å². The second-order valence-electron chi connectivity index (χ2n) is 5.66. The number of carboxylic acid groups (broad SMARTS) is 1. The number of carbonyl (C=O) groups is 2. The molecular formula is C18H16Cl3N3O4S. The van der Waals surface area contributed by atoms with Crippen LogP contribution in [0.2, 0.25) is 0 Å². The molecule has 1 amide bonds. The summed E-state index contributed by atoms with van der Waals surface area (Å²) in [7, 11) is 1.48. The SMILES string of the molecule is COc1cccc(C(=O)N[C@@H](NC(=S)Nc2cccc(C(=O)O)c2)C(Cl)(Cl)Cl)c1. The second-order valence-corrected chi connectivity index (χ2v) is 8.44. The molecule has 11 heteroatoms. The van der Waals surface area contributed by atoms with Crippen LogP contribution in [0.5, 0.6) is 5.75 Å². The highest BCUT2D eigenvalue weighted by Gasteiger charge is 2.35. The summed E-state index contributed by atoms with van der Waals surface area (Å²) in [5.74, 6) is -1.12. The number of ether oxygens (including phenoxy) is 1. The van der Waals surface area contributed by atoms with Crippen LogP contribution in [-0.2, 0) is 0 Å². The van der Waals surface area contributed by atoms with Crippen LogP contribution >= 0.6 is 47.0 Å². The molecule has 0 bridgehead atoms. The molecule has 7 nitrogen and oxygen atoms in total. The monoisotopic (exact) mass is 475 g/mol. The van der Waals surface area contributed by atoms with Gasteiger partial charge in [-0.05, 0) is 48.6 Å². The fourth-order valence-electron chi connectivity index (χ4n) is 2.21. The van der Waals surface area contributed by atoms with Crippen molar-refractivity contribution in [2.75, 3.05) is 12.4 Å². The molecule has 0 heterocycles. The Hall–Kier alpha value is -2.26. The molecule has 2 rings (SSSR count). The summed E-state index contributed by atoms with van der Waals surface area (Å²) in [6.07, 6.45) is -1.19. The quantitative estimate of drug-likeness (QED) is 0.286. The predicted octanol–water partition coefficient (Wildman–Crippen LogP) is 3.81. The minimum Gasteiger partial charge on any atom is -0.497 e. The highest BCUT2D eigenvalue weighted by molar-refractivity contribution is 7.80. The summed E-state index contributed by atoms with van der Waals surface area (Å²) in [6, 6.07) is 12.4. The van der Waals surface area contributed by atoms with Gasteiger partial charge in [0.05, 0.1) is 12.7 Å². The van der Waals surface area contributed by atoms with Gasteiger partial charge in [0.2, 0.25) is 3.79 Å². The minimum absolute atomic E-state index is 0.00908. The molecule has 0 saturated heterocycles. The Morgan fingerprint density at radius 1 is 1.07 bits per heavy atom. The number of alkyl halides is 3. The number of methoxy groups -OCH3 is 1. The number of aromatic carboxylic acids is 1. The maximum absolute atomic E-state index is 12.5. The number of carbonyl (C=O) groups excluding carboxylic acids is 1. The van der Waals surface area contributed by atoms with Crippen LogP contribution in [-0.4, -0.2) is 39.2 Å². The fourth-order valence-corrected chi connectivity index (χ4v) is 2.77. The van der Waals surface area contributed by atoms with E-state index in [1.165, 1.54) is 25.3 Å². The highest BCUT2D eigenvalue weighted by atomic mass is 35.6. The molecule has 0 aliphatic rings. The standard InChI is InChI=1S/C18H16Cl3N3O4S/c1-28-13-7-3-4-10(9-13)14(25)23-16(18(19,20)21)24-17(29)22-12-6-2-5-11(8-12)15(26)27/h2-9,16H,1H3,(H,23,25)(H,26,27)(H2,22,24,29)/t16-/m0/s1. The smallest absolute Gasteiger partial charge is 0.335 e. The number of benzene rings is 2. The van der Waals surface area contributed by atoms with E-state index < -0.39 is 21.8 Å². The van der Waals surface area contributed by atoms with E-state index >= 15 is 0 Å². The molecular weight excluding hydrogens is 461 g/mol. The lowest BCUT2D eigenvalue weighted by Crippen LogP contribution is -2.56. The Morgan fingerprint density at radius 3 is 2.34 bits per heavy atom. The van der Waals surface area contributed by atoms with Crippen molar-refractivity contribution in [3.63, 3.8) is 0 Å². The number of hydrogen-bond donors (Lipinski definition) is 4. The molecule has 0 aliphatic carbocycles. The van der Waals surface area contributed by atoms with Gasteiger partial charge < -0.3 is 25.8 Å². The van der Waals surface area contributed by atoms with Crippen LogP contribution in [0.1, 0.15) is 20.7 Å². The van der Waals surface area contributed by atoms with Gasteiger partial charge in [0.15, 0.2) is 5.11 Å². The Morgan fingerprint density at radius 2 is 1.72 bits per heavy atom. The van der Waals surface area contributed by atoms with Gasteiger partial charge in [-0.1, -0.05) is 46.9 Å². The molecule has 29 heavy (non-hydrogen) atoms. The first-order chi connectivity index (χ1) is 13.6. The van der Waals surface area contributed by atoms with Crippen LogP contribution in [0.3, 0.4) is 0 Å². The molecule has 0 aromatic heterocycles. The molecule has 0 aliphatic heterocycles. The number of halogens is 3. The number of thiocarbonyl (C=S) groups is 1. The lowest BCUT2D eigenvalue weighted by atomic mass is 10.2. The van der Waals surface area contributed by atoms with Crippen molar-refractivity contribution in [1.82, 2.24) is 10.6 Å². The summed E-state index contributed by atoms with van der Waals surface area (Å²) in [4.78, 5) is 23.6. The third-order valence-electron chi connectivity index (χ3n) is 3.58. The largest absolute Gasteiger partial charge is 0.497 e. The minimum atomic E-state index is -1.94. The number of nitrogens with one attached hydrogen (secondary N) is 3. The van der Waals surface area contributed by atoms with Gasteiger partial charge in [0.1, 0.15) is 11.9 Å². The molecule has 2 aromatic rings. The highest BCUT2D eigenvalue weighted by Crippen LogP contribution is 2.29. The van der Waals surface area contributed by atoms with E-state index in [2.05, 4.69) is 16.0 Å². The van der Waals surface area contributed by atoms with Crippen molar-refractivity contribution in [3.05, 3.63) is 59.7 Å². The van der Waals surface area contributed by atoms with E-state index in [1.54, 1.807) is 30.3 Å². The molecule has 154 valence electrons. The Balaban J connectivity index is 2.10. The molecule has 0 unspecified atom stereocenters.